The van der Waals surface area contributed by atoms with E-state index in [1.807, 2.05) is 13.8 Å². The second-order valence-electron chi connectivity index (χ2n) is 5.98. The molecule has 18 heavy (non-hydrogen) atoms. The molecule has 0 aliphatic carbocycles. The van der Waals surface area contributed by atoms with Gasteiger partial charge in [0.15, 0.2) is 0 Å². The van der Waals surface area contributed by atoms with Crippen LogP contribution in [0.3, 0.4) is 0 Å². The van der Waals surface area contributed by atoms with Crippen LogP contribution in [0.2, 0.25) is 0 Å². The lowest BCUT2D eigenvalue weighted by molar-refractivity contribution is -0.136. The van der Waals surface area contributed by atoms with E-state index in [0.717, 1.165) is 25.9 Å². The minimum Gasteiger partial charge on any atom is -0.338 e. The van der Waals surface area contributed by atoms with Gasteiger partial charge in [0.1, 0.15) is 0 Å². The normalized spacial score (nSPS) is 28.6. The fourth-order valence-electron chi connectivity index (χ4n) is 3.07. The average molecular weight is 253 g/mol. The van der Waals surface area contributed by atoms with Gasteiger partial charge in [0, 0.05) is 25.2 Å². The summed E-state index contributed by atoms with van der Waals surface area (Å²) in [5.74, 6) is 0.205. The molecule has 0 radical (unpaired) electrons. The third kappa shape index (κ3) is 3.04. The maximum atomic E-state index is 12.4. The standard InChI is InChI=1S/C14H27N3O/c1-11(12(2)15)14(18)17-9-5-6-13(17)10-16-7-3-4-8-16/h11-13H,3-10,15H2,1-2H3. The smallest absolute Gasteiger partial charge is 0.227 e. The number of amides is 1. The molecule has 0 bridgehead atoms. The summed E-state index contributed by atoms with van der Waals surface area (Å²) in [6.07, 6.45) is 4.94. The zero-order chi connectivity index (χ0) is 13.1. The SMILES string of the molecule is CC(N)C(C)C(=O)N1CCCC1CN1CCCC1. The second-order valence-corrected chi connectivity index (χ2v) is 5.98. The Morgan fingerprint density at radius 1 is 1.22 bits per heavy atom. The molecule has 2 fully saturated rings. The Bertz CT molecular complexity index is 287. The first-order valence-corrected chi connectivity index (χ1v) is 7.38. The van der Waals surface area contributed by atoms with E-state index in [-0.39, 0.29) is 17.9 Å². The number of nitrogens with zero attached hydrogens (tertiary/aromatic N) is 2. The monoisotopic (exact) mass is 253 g/mol. The fourth-order valence-corrected chi connectivity index (χ4v) is 3.07. The number of rotatable bonds is 4. The van der Waals surface area contributed by atoms with E-state index < -0.39 is 0 Å². The zero-order valence-corrected chi connectivity index (χ0v) is 11.8. The molecular formula is C14H27N3O. The van der Waals surface area contributed by atoms with E-state index in [9.17, 15) is 4.79 Å². The Balaban J connectivity index is 1.91. The highest BCUT2D eigenvalue weighted by Crippen LogP contribution is 2.22. The molecule has 2 heterocycles. The summed E-state index contributed by atoms with van der Waals surface area (Å²) in [6.45, 7) is 8.29. The topological polar surface area (TPSA) is 49.6 Å². The fraction of sp³-hybridized carbons (Fsp3) is 0.929. The van der Waals surface area contributed by atoms with Crippen LogP contribution in [0.4, 0.5) is 0 Å². The van der Waals surface area contributed by atoms with Gasteiger partial charge in [-0.05, 0) is 45.7 Å². The third-order valence-electron chi connectivity index (χ3n) is 4.51. The highest BCUT2D eigenvalue weighted by molar-refractivity contribution is 5.79. The molecule has 0 saturated carbocycles. The molecule has 0 aromatic carbocycles. The first kappa shape index (κ1) is 13.8. The molecule has 1 amide bonds. The van der Waals surface area contributed by atoms with Crippen molar-refractivity contribution >= 4 is 5.91 Å². The van der Waals surface area contributed by atoms with Gasteiger partial charge in [-0.25, -0.2) is 0 Å². The van der Waals surface area contributed by atoms with Crippen molar-refractivity contribution in [3.05, 3.63) is 0 Å². The molecule has 2 aliphatic rings. The lowest BCUT2D eigenvalue weighted by Gasteiger charge is -2.31. The van der Waals surface area contributed by atoms with Crippen LogP contribution >= 0.6 is 0 Å². The van der Waals surface area contributed by atoms with Crippen molar-refractivity contribution in [2.45, 2.75) is 51.6 Å². The van der Waals surface area contributed by atoms with Crippen LogP contribution in [0.1, 0.15) is 39.5 Å². The predicted octanol–water partition coefficient (Wildman–Crippen LogP) is 1.06. The highest BCUT2D eigenvalue weighted by atomic mass is 16.2. The van der Waals surface area contributed by atoms with Crippen molar-refractivity contribution in [1.82, 2.24) is 9.80 Å². The van der Waals surface area contributed by atoms with Crippen molar-refractivity contribution < 1.29 is 4.79 Å². The van der Waals surface area contributed by atoms with Crippen LogP contribution in [-0.4, -0.2) is 54.0 Å². The van der Waals surface area contributed by atoms with Crippen molar-refractivity contribution in [3.8, 4) is 0 Å². The Hall–Kier alpha value is -0.610. The van der Waals surface area contributed by atoms with Gasteiger partial charge >= 0.3 is 0 Å². The average Bonchev–Trinajstić information content (AvgIpc) is 2.99. The van der Waals surface area contributed by atoms with Gasteiger partial charge in [-0.2, -0.15) is 0 Å². The lowest BCUT2D eigenvalue weighted by Crippen LogP contribution is -2.47. The predicted molar refractivity (Wildman–Crippen MR) is 73.2 cm³/mol. The van der Waals surface area contributed by atoms with E-state index in [4.69, 9.17) is 5.73 Å². The largest absolute Gasteiger partial charge is 0.338 e. The van der Waals surface area contributed by atoms with Gasteiger partial charge in [0.25, 0.3) is 0 Å². The molecule has 0 aromatic rings. The van der Waals surface area contributed by atoms with Gasteiger partial charge in [-0.15, -0.1) is 0 Å². The Morgan fingerprint density at radius 3 is 2.50 bits per heavy atom. The molecule has 0 aromatic heterocycles. The van der Waals surface area contributed by atoms with E-state index in [1.165, 1.54) is 25.9 Å². The van der Waals surface area contributed by atoms with E-state index in [2.05, 4.69) is 9.80 Å². The van der Waals surface area contributed by atoms with Gasteiger partial charge in [-0.3, -0.25) is 4.79 Å². The van der Waals surface area contributed by atoms with Crippen LogP contribution < -0.4 is 5.73 Å². The zero-order valence-electron chi connectivity index (χ0n) is 11.8. The number of hydrogen-bond acceptors (Lipinski definition) is 3. The number of nitrogens with two attached hydrogens (primary N) is 1. The molecule has 0 spiro atoms. The van der Waals surface area contributed by atoms with E-state index >= 15 is 0 Å². The number of carbonyl (C=O) groups excluding carboxylic acids is 1. The first-order valence-electron chi connectivity index (χ1n) is 7.38. The Morgan fingerprint density at radius 2 is 1.89 bits per heavy atom. The summed E-state index contributed by atoms with van der Waals surface area (Å²) in [5, 5.41) is 0. The lowest BCUT2D eigenvalue weighted by atomic mass is 10.0. The molecule has 3 atom stereocenters. The molecule has 2 N–H and O–H groups in total. The van der Waals surface area contributed by atoms with Crippen molar-refractivity contribution in [2.24, 2.45) is 11.7 Å². The molecular weight excluding hydrogens is 226 g/mol. The van der Waals surface area contributed by atoms with Crippen LogP contribution in [0.5, 0.6) is 0 Å². The Labute approximate surface area is 110 Å². The number of hydrogen-bond donors (Lipinski definition) is 1. The number of likely N-dealkylation sites (tertiary alicyclic amines) is 2. The maximum absolute atomic E-state index is 12.4. The number of carbonyl (C=O) groups is 1. The van der Waals surface area contributed by atoms with E-state index in [1.54, 1.807) is 0 Å². The highest BCUT2D eigenvalue weighted by Gasteiger charge is 2.33. The van der Waals surface area contributed by atoms with Crippen LogP contribution in [0, 0.1) is 5.92 Å². The summed E-state index contributed by atoms with van der Waals surface area (Å²) in [6, 6.07) is 0.377. The summed E-state index contributed by atoms with van der Waals surface area (Å²) in [7, 11) is 0. The molecule has 3 unspecified atom stereocenters. The van der Waals surface area contributed by atoms with Gasteiger partial charge in [0.05, 0.1) is 5.92 Å². The minimum absolute atomic E-state index is 0.0504. The third-order valence-corrected chi connectivity index (χ3v) is 4.51. The molecule has 2 aliphatic heterocycles. The van der Waals surface area contributed by atoms with E-state index in [0.29, 0.717) is 6.04 Å². The molecule has 4 nitrogen and oxygen atoms in total. The van der Waals surface area contributed by atoms with Crippen molar-refractivity contribution in [1.29, 1.82) is 0 Å². The molecule has 2 saturated heterocycles. The summed E-state index contributed by atoms with van der Waals surface area (Å²) < 4.78 is 0. The summed E-state index contributed by atoms with van der Waals surface area (Å²) in [5.41, 5.74) is 5.86. The van der Waals surface area contributed by atoms with Crippen LogP contribution in [-0.2, 0) is 4.79 Å². The van der Waals surface area contributed by atoms with Gasteiger partial charge < -0.3 is 15.5 Å². The van der Waals surface area contributed by atoms with Crippen LogP contribution in [0.15, 0.2) is 0 Å². The van der Waals surface area contributed by atoms with Crippen molar-refractivity contribution in [3.63, 3.8) is 0 Å². The van der Waals surface area contributed by atoms with Crippen LogP contribution in [0.25, 0.3) is 0 Å². The molecule has 2 rings (SSSR count). The van der Waals surface area contributed by atoms with Gasteiger partial charge in [0.2, 0.25) is 5.91 Å². The quantitative estimate of drug-likeness (QED) is 0.815. The molecule has 4 heteroatoms. The summed E-state index contributed by atoms with van der Waals surface area (Å²) >= 11 is 0. The first-order chi connectivity index (χ1) is 8.59. The summed E-state index contributed by atoms with van der Waals surface area (Å²) in [4.78, 5) is 17.0. The maximum Gasteiger partial charge on any atom is 0.227 e. The van der Waals surface area contributed by atoms with Crippen molar-refractivity contribution in [2.75, 3.05) is 26.2 Å². The Kier molecular flexibility index (Phi) is 4.62. The van der Waals surface area contributed by atoms with Gasteiger partial charge in [-0.1, -0.05) is 6.92 Å². The minimum atomic E-state index is -0.0517. The second kappa shape index (κ2) is 6.02. The molecule has 104 valence electrons.